The average molecular weight is 366 g/mol. The van der Waals surface area contributed by atoms with Gasteiger partial charge in [-0.1, -0.05) is 11.8 Å². The number of fused-ring (bicyclic) bond motifs is 4. The minimum absolute atomic E-state index is 0.0741. The standard InChI is InChI=1S/C19H14N2O4S/c22-15-6-10(21-18-17(15)20-9-26-18)8-24-11-4-5-13-12-2-1-3-14(12)19(23)25-16(13)7-11/h4-7,9,17H,1-3,8H2. The number of nitrogens with zero attached hydrogens (tertiary/aromatic N) is 2. The number of ether oxygens (including phenoxy) is 1. The maximum absolute atomic E-state index is 12.1. The predicted octanol–water partition coefficient (Wildman–Crippen LogP) is 2.67. The quantitative estimate of drug-likeness (QED) is 0.780. The molecule has 1 aromatic carbocycles. The highest BCUT2D eigenvalue weighted by molar-refractivity contribution is 8.25. The van der Waals surface area contributed by atoms with Gasteiger partial charge in [0.05, 0.1) is 11.2 Å². The number of ketones is 1. The van der Waals surface area contributed by atoms with Crippen LogP contribution in [0.5, 0.6) is 5.75 Å². The second-order valence-electron chi connectivity index (χ2n) is 6.41. The molecule has 7 heteroatoms. The topological polar surface area (TPSA) is 81.2 Å². The number of carbonyl (C=O) groups is 1. The van der Waals surface area contributed by atoms with Crippen LogP contribution in [-0.2, 0) is 17.6 Å². The molecule has 1 aromatic heterocycles. The summed E-state index contributed by atoms with van der Waals surface area (Å²) in [6.07, 6.45) is 4.16. The Labute approximate surface area is 152 Å². The zero-order valence-electron chi connectivity index (χ0n) is 13.7. The van der Waals surface area contributed by atoms with E-state index in [0.29, 0.717) is 22.1 Å². The lowest BCUT2D eigenvalue weighted by Crippen LogP contribution is -2.26. The van der Waals surface area contributed by atoms with Crippen LogP contribution in [0.25, 0.3) is 11.0 Å². The molecule has 0 saturated heterocycles. The summed E-state index contributed by atoms with van der Waals surface area (Å²) in [6.45, 7) is 0.170. The van der Waals surface area contributed by atoms with E-state index in [2.05, 4.69) is 9.98 Å². The third-order valence-electron chi connectivity index (χ3n) is 4.78. The molecule has 2 aromatic rings. The van der Waals surface area contributed by atoms with Crippen molar-refractivity contribution in [2.75, 3.05) is 6.61 Å². The Kier molecular flexibility index (Phi) is 3.56. The van der Waals surface area contributed by atoms with Crippen LogP contribution < -0.4 is 10.4 Å². The lowest BCUT2D eigenvalue weighted by atomic mass is 10.1. The zero-order valence-corrected chi connectivity index (χ0v) is 14.5. The Bertz CT molecular complexity index is 1100. The lowest BCUT2D eigenvalue weighted by Gasteiger charge is -2.14. The molecule has 130 valence electrons. The second-order valence-corrected chi connectivity index (χ2v) is 7.27. The molecule has 1 aliphatic carbocycles. The van der Waals surface area contributed by atoms with Gasteiger partial charge in [0, 0.05) is 23.1 Å². The first-order valence-corrected chi connectivity index (χ1v) is 9.30. The van der Waals surface area contributed by atoms with Crippen molar-refractivity contribution in [3.8, 4) is 5.75 Å². The molecule has 3 heterocycles. The summed E-state index contributed by atoms with van der Waals surface area (Å²) in [5.74, 6) is 0.500. The first-order valence-electron chi connectivity index (χ1n) is 8.42. The highest BCUT2D eigenvalue weighted by atomic mass is 32.2. The summed E-state index contributed by atoms with van der Waals surface area (Å²) in [4.78, 5) is 32.6. The Balaban J connectivity index is 1.40. The van der Waals surface area contributed by atoms with Crippen molar-refractivity contribution in [3.05, 3.63) is 51.5 Å². The number of aliphatic imine (C=N–C) groups is 2. The van der Waals surface area contributed by atoms with Crippen LogP contribution in [0, 0.1) is 0 Å². The minimum atomic E-state index is -0.471. The van der Waals surface area contributed by atoms with Crippen LogP contribution in [0.4, 0.5) is 0 Å². The fourth-order valence-electron chi connectivity index (χ4n) is 3.56. The molecule has 0 fully saturated rings. The first-order chi connectivity index (χ1) is 12.7. The van der Waals surface area contributed by atoms with E-state index in [1.807, 2.05) is 12.1 Å². The average Bonchev–Trinajstić information content (AvgIpc) is 3.29. The summed E-state index contributed by atoms with van der Waals surface area (Å²) in [5.41, 5.74) is 4.39. The highest BCUT2D eigenvalue weighted by Gasteiger charge is 2.30. The highest BCUT2D eigenvalue weighted by Crippen LogP contribution is 2.30. The molecule has 6 nitrogen and oxygen atoms in total. The van der Waals surface area contributed by atoms with Gasteiger partial charge >= 0.3 is 5.63 Å². The van der Waals surface area contributed by atoms with E-state index in [4.69, 9.17) is 9.15 Å². The van der Waals surface area contributed by atoms with E-state index in [9.17, 15) is 9.59 Å². The molecule has 26 heavy (non-hydrogen) atoms. The van der Waals surface area contributed by atoms with E-state index >= 15 is 0 Å². The van der Waals surface area contributed by atoms with Gasteiger partial charge in [-0.05, 0) is 37.0 Å². The molecular weight excluding hydrogens is 352 g/mol. The third-order valence-corrected chi connectivity index (χ3v) is 5.56. The minimum Gasteiger partial charge on any atom is -0.487 e. The molecule has 2 aliphatic heterocycles. The molecule has 0 spiro atoms. The molecule has 0 N–H and O–H groups in total. The SMILES string of the molecule is O=C1C=C(COc2ccc3c4c(c(=O)oc3c2)CCC4)N=C2SC=NC12. The van der Waals surface area contributed by atoms with E-state index in [1.54, 1.807) is 11.6 Å². The molecule has 0 bridgehead atoms. The van der Waals surface area contributed by atoms with Crippen LogP contribution in [-0.4, -0.2) is 29.0 Å². The van der Waals surface area contributed by atoms with Crippen LogP contribution in [0.15, 0.2) is 49.2 Å². The van der Waals surface area contributed by atoms with Gasteiger partial charge in [-0.15, -0.1) is 0 Å². The van der Waals surface area contributed by atoms with Crippen molar-refractivity contribution in [1.82, 2.24) is 0 Å². The fourth-order valence-corrected chi connectivity index (χ4v) is 4.32. The molecule has 1 atom stereocenters. The van der Waals surface area contributed by atoms with Gasteiger partial charge in [-0.2, -0.15) is 0 Å². The Morgan fingerprint density at radius 2 is 2.12 bits per heavy atom. The summed E-state index contributed by atoms with van der Waals surface area (Å²) in [7, 11) is 0. The fraction of sp³-hybridized carbons (Fsp3) is 0.263. The number of benzene rings is 1. The van der Waals surface area contributed by atoms with Crippen LogP contribution >= 0.6 is 11.8 Å². The Morgan fingerprint density at radius 1 is 1.23 bits per heavy atom. The smallest absolute Gasteiger partial charge is 0.339 e. The van der Waals surface area contributed by atoms with Gasteiger partial charge in [0.15, 0.2) is 11.8 Å². The van der Waals surface area contributed by atoms with Gasteiger partial charge in [0.1, 0.15) is 23.0 Å². The Hall–Kier alpha value is -2.67. The second kappa shape index (κ2) is 5.95. The number of aryl methyl sites for hydroxylation is 1. The molecule has 5 rings (SSSR count). The first kappa shape index (κ1) is 15.6. The van der Waals surface area contributed by atoms with E-state index in [0.717, 1.165) is 35.8 Å². The van der Waals surface area contributed by atoms with Crippen molar-refractivity contribution in [1.29, 1.82) is 0 Å². The van der Waals surface area contributed by atoms with Crippen LogP contribution in [0.1, 0.15) is 17.5 Å². The van der Waals surface area contributed by atoms with Gasteiger partial charge in [0.25, 0.3) is 0 Å². The molecule has 3 aliphatic rings. The maximum atomic E-state index is 12.1. The van der Waals surface area contributed by atoms with E-state index in [-0.39, 0.29) is 18.0 Å². The Morgan fingerprint density at radius 3 is 3.04 bits per heavy atom. The lowest BCUT2D eigenvalue weighted by molar-refractivity contribution is -0.114. The van der Waals surface area contributed by atoms with Crippen LogP contribution in [0.2, 0.25) is 0 Å². The predicted molar refractivity (Wildman–Crippen MR) is 100 cm³/mol. The summed E-state index contributed by atoms with van der Waals surface area (Å²) in [6, 6.07) is 5.04. The molecule has 1 unspecified atom stereocenters. The summed E-state index contributed by atoms with van der Waals surface area (Å²) in [5, 5.41) is 1.66. The van der Waals surface area contributed by atoms with Gasteiger partial charge in [-0.25, -0.2) is 9.79 Å². The van der Waals surface area contributed by atoms with Crippen molar-refractivity contribution in [2.45, 2.75) is 25.3 Å². The van der Waals surface area contributed by atoms with Gasteiger partial charge in [-0.3, -0.25) is 9.79 Å². The van der Waals surface area contributed by atoms with E-state index in [1.165, 1.54) is 17.8 Å². The van der Waals surface area contributed by atoms with E-state index < -0.39 is 6.04 Å². The maximum Gasteiger partial charge on any atom is 0.339 e. The molecule has 0 radical (unpaired) electrons. The van der Waals surface area contributed by atoms with Crippen molar-refractivity contribution in [2.24, 2.45) is 9.98 Å². The number of rotatable bonds is 3. The summed E-state index contributed by atoms with van der Waals surface area (Å²) >= 11 is 1.36. The summed E-state index contributed by atoms with van der Waals surface area (Å²) < 4.78 is 11.2. The molecule has 0 amide bonds. The monoisotopic (exact) mass is 366 g/mol. The largest absolute Gasteiger partial charge is 0.487 e. The molecular formula is C19H14N2O4S. The van der Waals surface area contributed by atoms with Crippen LogP contribution in [0.3, 0.4) is 0 Å². The number of thioether (sulfide) groups is 1. The van der Waals surface area contributed by atoms with Crippen molar-refractivity contribution < 1.29 is 13.9 Å². The number of hydrogen-bond donors (Lipinski definition) is 0. The van der Waals surface area contributed by atoms with Gasteiger partial charge in [0.2, 0.25) is 0 Å². The zero-order chi connectivity index (χ0) is 17.7. The molecule has 0 saturated carbocycles. The number of carbonyl (C=O) groups excluding carboxylic acids is 1. The van der Waals surface area contributed by atoms with Gasteiger partial charge < -0.3 is 9.15 Å². The third kappa shape index (κ3) is 2.50. The van der Waals surface area contributed by atoms with Crippen molar-refractivity contribution >= 4 is 39.1 Å². The normalized spacial score (nSPS) is 20.8. The van der Waals surface area contributed by atoms with Crippen molar-refractivity contribution in [3.63, 3.8) is 0 Å². The number of hydrogen-bond acceptors (Lipinski definition) is 7.